The number of carbonyl (C=O) groups is 3. The smallest absolute Gasteiger partial charge is 0.344 e. The van der Waals surface area contributed by atoms with E-state index in [4.69, 9.17) is 14.9 Å². The summed E-state index contributed by atoms with van der Waals surface area (Å²) >= 11 is 1.07. The summed E-state index contributed by atoms with van der Waals surface area (Å²) in [6.45, 7) is 1.41. The zero-order valence-electron chi connectivity index (χ0n) is 15.5. The van der Waals surface area contributed by atoms with Crippen LogP contribution in [0.2, 0.25) is 0 Å². The third-order valence-electron chi connectivity index (χ3n) is 3.91. The van der Waals surface area contributed by atoms with Crippen molar-refractivity contribution in [3.05, 3.63) is 58.5 Å². The van der Waals surface area contributed by atoms with Crippen LogP contribution in [0, 0.1) is 0 Å². The van der Waals surface area contributed by atoms with Crippen molar-refractivity contribution in [2.75, 3.05) is 0 Å². The molecule has 0 saturated carbocycles. The van der Waals surface area contributed by atoms with E-state index in [1.807, 2.05) is 0 Å². The zero-order chi connectivity index (χ0) is 21.8. The molecule has 1 saturated heterocycles. The number of carboxylic acids is 2. The lowest BCUT2D eigenvalue weighted by molar-refractivity contribution is -0.144. The van der Waals surface area contributed by atoms with Gasteiger partial charge in [-0.15, -0.1) is 0 Å². The minimum Gasteiger partial charge on any atom is -0.507 e. The Morgan fingerprint density at radius 2 is 1.97 bits per heavy atom. The number of amidine groups is 1. The summed E-state index contributed by atoms with van der Waals surface area (Å²) in [6, 6.07) is 10.5. The van der Waals surface area contributed by atoms with Crippen molar-refractivity contribution in [1.82, 2.24) is 5.32 Å². The fourth-order valence-corrected chi connectivity index (χ4v) is 3.29. The molecule has 1 atom stereocenters. The van der Waals surface area contributed by atoms with Crippen molar-refractivity contribution in [2.24, 2.45) is 4.99 Å². The quantitative estimate of drug-likeness (QED) is 0.514. The summed E-state index contributed by atoms with van der Waals surface area (Å²) in [5.41, 5.74) is 0.661. The van der Waals surface area contributed by atoms with E-state index in [9.17, 15) is 19.5 Å². The van der Waals surface area contributed by atoms with Crippen LogP contribution in [0.25, 0.3) is 6.08 Å². The van der Waals surface area contributed by atoms with Crippen LogP contribution in [0.1, 0.15) is 22.8 Å². The van der Waals surface area contributed by atoms with Crippen LogP contribution >= 0.6 is 11.8 Å². The number of benzene rings is 2. The fourth-order valence-electron chi connectivity index (χ4n) is 2.45. The number of nitrogens with one attached hydrogen (secondary N) is 1. The molecule has 10 heteroatoms. The summed E-state index contributed by atoms with van der Waals surface area (Å²) in [5.74, 6) is -2.81. The van der Waals surface area contributed by atoms with Gasteiger partial charge >= 0.3 is 11.9 Å². The number of hydrogen-bond acceptors (Lipinski definition) is 7. The minimum absolute atomic E-state index is 0.248. The second-order valence-corrected chi connectivity index (χ2v) is 7.19. The highest BCUT2D eigenvalue weighted by atomic mass is 32.2. The van der Waals surface area contributed by atoms with E-state index < -0.39 is 23.8 Å². The van der Waals surface area contributed by atoms with E-state index in [1.165, 1.54) is 25.1 Å². The van der Waals surface area contributed by atoms with Gasteiger partial charge in [0.1, 0.15) is 17.1 Å². The number of aromatic carboxylic acids is 1. The maximum Gasteiger partial charge on any atom is 0.344 e. The van der Waals surface area contributed by atoms with Gasteiger partial charge in [-0.3, -0.25) is 4.79 Å². The van der Waals surface area contributed by atoms with Gasteiger partial charge in [-0.1, -0.05) is 12.1 Å². The number of carbonyl (C=O) groups excluding carboxylic acids is 1. The van der Waals surface area contributed by atoms with Crippen LogP contribution in [-0.2, 0) is 9.59 Å². The molecular weight excluding hydrogens is 412 g/mol. The third-order valence-corrected chi connectivity index (χ3v) is 4.82. The number of phenols is 1. The summed E-state index contributed by atoms with van der Waals surface area (Å²) in [5, 5.41) is 30.5. The van der Waals surface area contributed by atoms with E-state index in [1.54, 1.807) is 30.3 Å². The SMILES string of the molecule is CC(Oc1cccc(/C=C2\SC(=Nc3ccc(C(=O)O)c(O)c3)NC2=O)c1)C(=O)O. The number of thioether (sulfide) groups is 1. The number of amides is 1. The number of carboxylic acid groups (broad SMARTS) is 2. The lowest BCUT2D eigenvalue weighted by atomic mass is 10.2. The first-order valence-electron chi connectivity index (χ1n) is 8.58. The standard InChI is InChI=1S/C20H16N2O7S/c1-10(18(25)26)29-13-4-2-3-11(7-13)8-16-17(24)22-20(30-16)21-12-5-6-14(19(27)28)15(23)9-12/h2-10,23H,1H3,(H,25,26)(H,27,28)(H,21,22,24)/b16-8-. The van der Waals surface area contributed by atoms with Crippen LogP contribution < -0.4 is 10.1 Å². The first kappa shape index (κ1) is 20.9. The largest absolute Gasteiger partial charge is 0.507 e. The molecule has 0 aromatic heterocycles. The van der Waals surface area contributed by atoms with Crippen molar-refractivity contribution in [2.45, 2.75) is 13.0 Å². The van der Waals surface area contributed by atoms with Gasteiger partial charge in [0, 0.05) is 6.07 Å². The highest BCUT2D eigenvalue weighted by Gasteiger charge is 2.24. The molecule has 0 radical (unpaired) electrons. The minimum atomic E-state index is -1.26. The highest BCUT2D eigenvalue weighted by molar-refractivity contribution is 8.18. The van der Waals surface area contributed by atoms with Crippen molar-refractivity contribution in [1.29, 1.82) is 0 Å². The predicted molar refractivity (Wildman–Crippen MR) is 110 cm³/mol. The normalized spacial score (nSPS) is 17.0. The molecule has 4 N–H and O–H groups in total. The van der Waals surface area contributed by atoms with Crippen molar-refractivity contribution < 1.29 is 34.4 Å². The molecule has 154 valence electrons. The molecular formula is C20H16N2O7S. The van der Waals surface area contributed by atoms with Gasteiger partial charge in [0.05, 0.1) is 10.6 Å². The number of ether oxygens (including phenoxy) is 1. The lowest BCUT2D eigenvalue weighted by Crippen LogP contribution is -2.22. The molecule has 3 rings (SSSR count). The number of aromatic hydroxyl groups is 1. The molecule has 1 amide bonds. The predicted octanol–water partition coefficient (Wildman–Crippen LogP) is 2.83. The average Bonchev–Trinajstić information content (AvgIpc) is 3.00. The van der Waals surface area contributed by atoms with Crippen molar-refractivity contribution in [3.8, 4) is 11.5 Å². The van der Waals surface area contributed by atoms with Gasteiger partial charge in [-0.25, -0.2) is 14.6 Å². The van der Waals surface area contributed by atoms with E-state index in [-0.39, 0.29) is 22.3 Å². The molecule has 9 nitrogen and oxygen atoms in total. The number of aliphatic imine (C=N–C) groups is 1. The Morgan fingerprint density at radius 3 is 2.63 bits per heavy atom. The molecule has 1 fully saturated rings. The van der Waals surface area contributed by atoms with Gasteiger partial charge in [0.15, 0.2) is 11.3 Å². The molecule has 1 aliphatic rings. The highest BCUT2D eigenvalue weighted by Crippen LogP contribution is 2.30. The lowest BCUT2D eigenvalue weighted by Gasteiger charge is -2.10. The molecule has 0 aliphatic carbocycles. The molecule has 1 unspecified atom stereocenters. The van der Waals surface area contributed by atoms with Crippen LogP contribution in [0.4, 0.5) is 5.69 Å². The first-order chi connectivity index (χ1) is 14.2. The second-order valence-electron chi connectivity index (χ2n) is 6.16. The Balaban J connectivity index is 1.78. The first-order valence-corrected chi connectivity index (χ1v) is 9.40. The molecule has 2 aromatic carbocycles. The molecule has 30 heavy (non-hydrogen) atoms. The Morgan fingerprint density at radius 1 is 1.20 bits per heavy atom. The van der Waals surface area contributed by atoms with Gasteiger partial charge < -0.3 is 25.4 Å². The van der Waals surface area contributed by atoms with Crippen LogP contribution in [0.5, 0.6) is 11.5 Å². The molecule has 0 spiro atoms. The van der Waals surface area contributed by atoms with Gasteiger partial charge in [-0.2, -0.15) is 0 Å². The summed E-state index contributed by atoms with van der Waals surface area (Å²) in [6.07, 6.45) is 0.589. The van der Waals surface area contributed by atoms with Crippen molar-refractivity contribution >= 4 is 46.5 Å². The van der Waals surface area contributed by atoms with Crippen molar-refractivity contribution in [3.63, 3.8) is 0 Å². The summed E-state index contributed by atoms with van der Waals surface area (Å²) in [7, 11) is 0. The molecule has 2 aromatic rings. The molecule has 1 aliphatic heterocycles. The van der Waals surface area contributed by atoms with Gasteiger partial charge in [0.2, 0.25) is 0 Å². The van der Waals surface area contributed by atoms with E-state index >= 15 is 0 Å². The van der Waals surface area contributed by atoms with Gasteiger partial charge in [-0.05, 0) is 54.6 Å². The Bertz CT molecular complexity index is 1090. The van der Waals surface area contributed by atoms with E-state index in [0.717, 1.165) is 11.8 Å². The van der Waals surface area contributed by atoms with Crippen LogP contribution in [0.15, 0.2) is 52.4 Å². The Kier molecular flexibility index (Phi) is 6.07. The van der Waals surface area contributed by atoms with Crippen LogP contribution in [-0.4, -0.2) is 44.4 Å². The van der Waals surface area contributed by atoms with E-state index in [2.05, 4.69) is 10.3 Å². The molecule has 1 heterocycles. The maximum absolute atomic E-state index is 12.2. The maximum atomic E-state index is 12.2. The average molecular weight is 428 g/mol. The number of hydrogen-bond donors (Lipinski definition) is 4. The summed E-state index contributed by atoms with van der Waals surface area (Å²) in [4.78, 5) is 38.6. The van der Waals surface area contributed by atoms with Crippen LogP contribution in [0.3, 0.4) is 0 Å². The Hall–Kier alpha value is -3.79. The number of nitrogens with zero attached hydrogens (tertiary/aromatic N) is 1. The summed E-state index contributed by atoms with van der Waals surface area (Å²) < 4.78 is 5.32. The second kappa shape index (κ2) is 8.70. The topological polar surface area (TPSA) is 146 Å². The molecule has 0 bridgehead atoms. The number of rotatable bonds is 6. The fraction of sp³-hybridized carbons (Fsp3) is 0.100. The monoisotopic (exact) mass is 428 g/mol. The van der Waals surface area contributed by atoms with E-state index in [0.29, 0.717) is 16.2 Å². The zero-order valence-corrected chi connectivity index (χ0v) is 16.3. The Labute approximate surface area is 174 Å². The van der Waals surface area contributed by atoms with Gasteiger partial charge in [0.25, 0.3) is 5.91 Å². The third kappa shape index (κ3) is 4.97. The number of aliphatic carboxylic acids is 1.